The number of ether oxygens (including phenoxy) is 1. The van der Waals surface area contributed by atoms with Crippen molar-refractivity contribution in [1.29, 1.82) is 0 Å². The summed E-state index contributed by atoms with van der Waals surface area (Å²) in [6, 6.07) is 20.0. The maximum atomic E-state index is 13.3. The number of methoxy groups -OCH3 is 1. The molecule has 4 rings (SSSR count). The molecule has 4 aromatic rings. The number of Topliss-reactive ketones (excluding diaryl/α,β-unsaturated/α-hetero) is 1. The fourth-order valence-electron chi connectivity index (χ4n) is 2.84. The van der Waals surface area contributed by atoms with Crippen molar-refractivity contribution in [3.05, 3.63) is 95.6 Å². The monoisotopic (exact) mass is 373 g/mol. The number of para-hydroxylation sites is 2. The standard InChI is InChI=1S/C23H16FNO3/c1-27-18-12-8-16(9-13-18)22(26)19(14-15-6-10-17(24)11-7-15)23-25-20-4-2-3-5-21(20)28-23/h2-14H,1H3. The predicted molar refractivity (Wildman–Crippen MR) is 106 cm³/mol. The maximum Gasteiger partial charge on any atom is 0.231 e. The van der Waals surface area contributed by atoms with E-state index in [4.69, 9.17) is 9.15 Å². The van der Waals surface area contributed by atoms with Crippen LogP contribution >= 0.6 is 0 Å². The van der Waals surface area contributed by atoms with Crippen LogP contribution in [0.2, 0.25) is 0 Å². The van der Waals surface area contributed by atoms with Gasteiger partial charge in [-0.15, -0.1) is 0 Å². The number of oxazole rings is 1. The molecule has 1 heterocycles. The summed E-state index contributed by atoms with van der Waals surface area (Å²) < 4.78 is 24.2. The number of benzene rings is 3. The van der Waals surface area contributed by atoms with Crippen LogP contribution in [-0.4, -0.2) is 17.9 Å². The predicted octanol–water partition coefficient (Wildman–Crippen LogP) is 5.40. The van der Waals surface area contributed by atoms with Gasteiger partial charge in [-0.2, -0.15) is 0 Å². The minimum absolute atomic E-state index is 0.214. The molecule has 0 fully saturated rings. The van der Waals surface area contributed by atoms with Crippen LogP contribution in [0.15, 0.2) is 77.2 Å². The molecular formula is C23H16FNO3. The van der Waals surface area contributed by atoms with E-state index < -0.39 is 0 Å². The van der Waals surface area contributed by atoms with Crippen molar-refractivity contribution < 1.29 is 18.3 Å². The Kier molecular flexibility index (Phi) is 4.72. The fourth-order valence-corrected chi connectivity index (χ4v) is 2.84. The van der Waals surface area contributed by atoms with Crippen LogP contribution in [-0.2, 0) is 0 Å². The highest BCUT2D eigenvalue weighted by atomic mass is 19.1. The van der Waals surface area contributed by atoms with Crippen LogP contribution in [0.3, 0.4) is 0 Å². The van der Waals surface area contributed by atoms with Crippen molar-refractivity contribution in [2.45, 2.75) is 0 Å². The Balaban J connectivity index is 1.82. The number of rotatable bonds is 5. The number of nitrogens with zero attached hydrogens (tertiary/aromatic N) is 1. The Morgan fingerprint density at radius 3 is 2.39 bits per heavy atom. The van der Waals surface area contributed by atoms with E-state index in [2.05, 4.69) is 4.98 Å². The molecule has 0 amide bonds. The number of allylic oxidation sites excluding steroid dienone is 1. The molecule has 0 saturated heterocycles. The summed E-state index contributed by atoms with van der Waals surface area (Å²) in [5.74, 6) is 0.273. The van der Waals surface area contributed by atoms with E-state index in [1.807, 2.05) is 18.2 Å². The first kappa shape index (κ1) is 17.7. The highest BCUT2D eigenvalue weighted by molar-refractivity contribution is 6.31. The number of carbonyl (C=O) groups is 1. The summed E-state index contributed by atoms with van der Waals surface area (Å²) in [6.45, 7) is 0. The summed E-state index contributed by atoms with van der Waals surface area (Å²) in [7, 11) is 1.56. The van der Waals surface area contributed by atoms with Crippen molar-refractivity contribution in [2.24, 2.45) is 0 Å². The Morgan fingerprint density at radius 2 is 1.71 bits per heavy atom. The molecular weight excluding hydrogens is 357 g/mol. The molecule has 28 heavy (non-hydrogen) atoms. The molecule has 0 spiro atoms. The molecule has 5 heteroatoms. The lowest BCUT2D eigenvalue weighted by Gasteiger charge is -2.05. The summed E-state index contributed by atoms with van der Waals surface area (Å²) in [4.78, 5) is 17.7. The van der Waals surface area contributed by atoms with Gasteiger partial charge in [-0.1, -0.05) is 24.3 Å². The van der Waals surface area contributed by atoms with Gasteiger partial charge in [-0.3, -0.25) is 4.79 Å². The van der Waals surface area contributed by atoms with E-state index in [9.17, 15) is 9.18 Å². The molecule has 4 nitrogen and oxygen atoms in total. The Labute approximate surface area is 160 Å². The average molecular weight is 373 g/mol. The van der Waals surface area contributed by atoms with Gasteiger partial charge in [-0.05, 0) is 60.2 Å². The zero-order chi connectivity index (χ0) is 19.5. The van der Waals surface area contributed by atoms with Gasteiger partial charge < -0.3 is 9.15 Å². The maximum absolute atomic E-state index is 13.3. The quantitative estimate of drug-likeness (QED) is 0.347. The largest absolute Gasteiger partial charge is 0.497 e. The summed E-state index contributed by atoms with van der Waals surface area (Å²) >= 11 is 0. The van der Waals surface area contributed by atoms with Gasteiger partial charge in [-0.25, -0.2) is 9.37 Å². The second-order valence-electron chi connectivity index (χ2n) is 6.15. The summed E-state index contributed by atoms with van der Waals surface area (Å²) in [6.07, 6.45) is 1.65. The van der Waals surface area contributed by atoms with Crippen molar-refractivity contribution in [1.82, 2.24) is 4.98 Å². The van der Waals surface area contributed by atoms with Crippen LogP contribution in [0.5, 0.6) is 5.75 Å². The van der Waals surface area contributed by atoms with E-state index in [1.54, 1.807) is 55.7 Å². The van der Waals surface area contributed by atoms with Crippen LogP contribution < -0.4 is 4.74 Å². The average Bonchev–Trinajstić information content (AvgIpc) is 3.17. The third-order valence-electron chi connectivity index (χ3n) is 4.30. The SMILES string of the molecule is COc1ccc(C(=O)C(=Cc2ccc(F)cc2)c2nc3ccccc3o2)cc1. The minimum Gasteiger partial charge on any atom is -0.497 e. The van der Waals surface area contributed by atoms with Gasteiger partial charge >= 0.3 is 0 Å². The molecule has 0 unspecified atom stereocenters. The molecule has 0 aliphatic rings. The molecule has 0 aliphatic carbocycles. The molecule has 1 aromatic heterocycles. The Hall–Kier alpha value is -3.73. The summed E-state index contributed by atoms with van der Waals surface area (Å²) in [5, 5.41) is 0. The van der Waals surface area contributed by atoms with E-state index in [1.165, 1.54) is 12.1 Å². The first-order valence-corrected chi connectivity index (χ1v) is 8.66. The zero-order valence-corrected chi connectivity index (χ0v) is 15.1. The van der Waals surface area contributed by atoms with E-state index in [0.717, 1.165) is 0 Å². The van der Waals surface area contributed by atoms with Gasteiger partial charge in [0.05, 0.1) is 12.7 Å². The first-order valence-electron chi connectivity index (χ1n) is 8.66. The molecule has 138 valence electrons. The third kappa shape index (κ3) is 3.55. The Bertz CT molecular complexity index is 1130. The van der Waals surface area contributed by atoms with Crippen LogP contribution in [0, 0.1) is 5.82 Å². The molecule has 0 aliphatic heterocycles. The fraction of sp³-hybridized carbons (Fsp3) is 0.0435. The lowest BCUT2D eigenvalue weighted by atomic mass is 10.0. The Morgan fingerprint density at radius 1 is 1.00 bits per heavy atom. The van der Waals surface area contributed by atoms with Gasteiger partial charge in [0.25, 0.3) is 0 Å². The smallest absolute Gasteiger partial charge is 0.231 e. The van der Waals surface area contributed by atoms with Crippen LogP contribution in [0.4, 0.5) is 4.39 Å². The number of carbonyl (C=O) groups excluding carboxylic acids is 1. The van der Waals surface area contributed by atoms with Crippen molar-refractivity contribution in [2.75, 3.05) is 7.11 Å². The van der Waals surface area contributed by atoms with Crippen molar-refractivity contribution in [3.8, 4) is 5.75 Å². The topological polar surface area (TPSA) is 52.3 Å². The van der Waals surface area contributed by atoms with Gasteiger partial charge in [0.15, 0.2) is 11.4 Å². The number of hydrogen-bond acceptors (Lipinski definition) is 4. The van der Waals surface area contributed by atoms with E-state index in [-0.39, 0.29) is 23.1 Å². The van der Waals surface area contributed by atoms with Gasteiger partial charge in [0, 0.05) is 5.56 Å². The number of ketones is 1. The second kappa shape index (κ2) is 7.48. The minimum atomic E-state index is -0.345. The van der Waals surface area contributed by atoms with Crippen molar-refractivity contribution in [3.63, 3.8) is 0 Å². The lowest BCUT2D eigenvalue weighted by Crippen LogP contribution is -2.03. The van der Waals surface area contributed by atoms with Crippen molar-refractivity contribution >= 4 is 28.5 Å². The van der Waals surface area contributed by atoms with E-state index >= 15 is 0 Å². The zero-order valence-electron chi connectivity index (χ0n) is 15.1. The number of aromatic nitrogens is 1. The highest BCUT2D eigenvalue weighted by Gasteiger charge is 2.20. The third-order valence-corrected chi connectivity index (χ3v) is 4.30. The first-order chi connectivity index (χ1) is 13.6. The number of fused-ring (bicyclic) bond motifs is 1. The molecule has 0 N–H and O–H groups in total. The number of hydrogen-bond donors (Lipinski definition) is 0. The normalized spacial score (nSPS) is 11.6. The molecule has 0 bridgehead atoms. The molecule has 0 saturated carbocycles. The number of halogens is 1. The second-order valence-corrected chi connectivity index (χ2v) is 6.15. The molecule has 3 aromatic carbocycles. The molecule has 0 atom stereocenters. The summed E-state index contributed by atoms with van der Waals surface area (Å²) in [5.41, 5.74) is 2.67. The van der Waals surface area contributed by atoms with Crippen LogP contribution in [0.25, 0.3) is 22.7 Å². The van der Waals surface area contributed by atoms with Gasteiger partial charge in [0.1, 0.15) is 17.1 Å². The van der Waals surface area contributed by atoms with Gasteiger partial charge in [0.2, 0.25) is 5.89 Å². The highest BCUT2D eigenvalue weighted by Crippen LogP contribution is 2.27. The molecule has 0 radical (unpaired) electrons. The van der Waals surface area contributed by atoms with Crippen LogP contribution in [0.1, 0.15) is 21.8 Å². The lowest BCUT2D eigenvalue weighted by molar-refractivity contribution is 0.105. The van der Waals surface area contributed by atoms with E-state index in [0.29, 0.717) is 28.0 Å².